The third-order valence-electron chi connectivity index (χ3n) is 5.26. The van der Waals surface area contributed by atoms with E-state index in [1.54, 1.807) is 23.3 Å². The Kier molecular flexibility index (Phi) is 7.11. The first-order chi connectivity index (χ1) is 14.5. The molecule has 8 heteroatoms. The predicted molar refractivity (Wildman–Crippen MR) is 109 cm³/mol. The van der Waals surface area contributed by atoms with Gasteiger partial charge in [0, 0.05) is 13.0 Å². The fourth-order valence-corrected chi connectivity index (χ4v) is 3.34. The number of furan rings is 1. The van der Waals surface area contributed by atoms with Crippen molar-refractivity contribution in [3.05, 3.63) is 54.0 Å². The lowest BCUT2D eigenvalue weighted by Crippen LogP contribution is -2.46. The van der Waals surface area contributed by atoms with E-state index in [0.717, 1.165) is 12.0 Å². The SMILES string of the molecule is CCC(C)c1ccccc1OCC(=O)NNC(=O)C1CC(=O)N(Cc2ccco2)C1. The van der Waals surface area contributed by atoms with Crippen LogP contribution in [0.1, 0.15) is 43.9 Å². The number of nitrogens with zero attached hydrogens (tertiary/aromatic N) is 1. The third kappa shape index (κ3) is 5.40. The minimum atomic E-state index is -0.528. The van der Waals surface area contributed by atoms with Crippen molar-refractivity contribution < 1.29 is 23.5 Å². The van der Waals surface area contributed by atoms with Gasteiger partial charge in [-0.05, 0) is 36.1 Å². The van der Waals surface area contributed by atoms with Crippen LogP contribution in [0.25, 0.3) is 0 Å². The third-order valence-corrected chi connectivity index (χ3v) is 5.26. The summed E-state index contributed by atoms with van der Waals surface area (Å²) in [5, 5.41) is 0. The van der Waals surface area contributed by atoms with Gasteiger partial charge < -0.3 is 14.1 Å². The van der Waals surface area contributed by atoms with Gasteiger partial charge in [0.05, 0.1) is 18.7 Å². The van der Waals surface area contributed by atoms with E-state index in [1.807, 2.05) is 24.3 Å². The Morgan fingerprint density at radius 3 is 2.77 bits per heavy atom. The molecule has 3 amide bonds. The molecular formula is C22H27N3O5. The number of hydrogen-bond acceptors (Lipinski definition) is 5. The van der Waals surface area contributed by atoms with E-state index < -0.39 is 17.7 Å². The molecule has 0 saturated carbocycles. The van der Waals surface area contributed by atoms with Crippen molar-refractivity contribution in [2.75, 3.05) is 13.2 Å². The van der Waals surface area contributed by atoms with E-state index in [4.69, 9.17) is 9.15 Å². The number of hydrogen-bond donors (Lipinski definition) is 2. The van der Waals surface area contributed by atoms with Crippen LogP contribution in [0.2, 0.25) is 0 Å². The first-order valence-corrected chi connectivity index (χ1v) is 10.1. The van der Waals surface area contributed by atoms with Gasteiger partial charge in [0.25, 0.3) is 5.91 Å². The molecule has 2 atom stereocenters. The molecule has 0 aliphatic carbocycles. The minimum absolute atomic E-state index is 0.0984. The summed E-state index contributed by atoms with van der Waals surface area (Å²) in [5.41, 5.74) is 5.78. The van der Waals surface area contributed by atoms with E-state index >= 15 is 0 Å². The number of benzene rings is 1. The normalized spacial score (nSPS) is 16.9. The maximum absolute atomic E-state index is 12.3. The lowest BCUT2D eigenvalue weighted by molar-refractivity contribution is -0.132. The van der Waals surface area contributed by atoms with E-state index in [9.17, 15) is 14.4 Å². The molecule has 160 valence electrons. The average Bonchev–Trinajstić information content (AvgIpc) is 3.40. The number of ether oxygens (including phenoxy) is 1. The molecule has 1 aromatic heterocycles. The van der Waals surface area contributed by atoms with E-state index in [0.29, 0.717) is 24.0 Å². The van der Waals surface area contributed by atoms with Gasteiger partial charge in [0.1, 0.15) is 11.5 Å². The van der Waals surface area contributed by atoms with Crippen LogP contribution in [0, 0.1) is 5.92 Å². The van der Waals surface area contributed by atoms with Gasteiger partial charge >= 0.3 is 0 Å². The molecule has 1 aliphatic heterocycles. The molecule has 1 saturated heterocycles. The van der Waals surface area contributed by atoms with Crippen molar-refractivity contribution in [3.8, 4) is 5.75 Å². The van der Waals surface area contributed by atoms with Gasteiger partial charge in [0.15, 0.2) is 6.61 Å². The van der Waals surface area contributed by atoms with Crippen molar-refractivity contribution in [2.24, 2.45) is 5.92 Å². The van der Waals surface area contributed by atoms with Crippen LogP contribution in [0.15, 0.2) is 47.1 Å². The maximum atomic E-state index is 12.3. The quantitative estimate of drug-likeness (QED) is 0.647. The second-order valence-corrected chi connectivity index (χ2v) is 7.43. The Balaban J connectivity index is 1.44. The van der Waals surface area contributed by atoms with Crippen molar-refractivity contribution >= 4 is 17.7 Å². The molecule has 1 aliphatic rings. The standard InChI is InChI=1S/C22H27N3O5/c1-3-15(2)18-8-4-5-9-19(18)30-14-20(26)23-24-22(28)16-11-21(27)25(12-16)13-17-7-6-10-29-17/h4-10,15-16H,3,11-14H2,1-2H3,(H,23,26)(H,24,28). The summed E-state index contributed by atoms with van der Waals surface area (Å²) in [4.78, 5) is 38.1. The van der Waals surface area contributed by atoms with Crippen LogP contribution in [-0.4, -0.2) is 35.8 Å². The first kappa shape index (κ1) is 21.4. The van der Waals surface area contributed by atoms with Crippen molar-refractivity contribution in [3.63, 3.8) is 0 Å². The molecule has 0 bridgehead atoms. The fraction of sp³-hybridized carbons (Fsp3) is 0.409. The Labute approximate surface area is 175 Å². The molecule has 2 aromatic rings. The Morgan fingerprint density at radius 1 is 1.23 bits per heavy atom. The highest BCUT2D eigenvalue weighted by molar-refractivity contribution is 5.90. The molecular weight excluding hydrogens is 386 g/mol. The lowest BCUT2D eigenvalue weighted by Gasteiger charge is -2.16. The lowest BCUT2D eigenvalue weighted by atomic mass is 9.98. The summed E-state index contributed by atoms with van der Waals surface area (Å²) in [5.74, 6) is 0.101. The number of amides is 3. The van der Waals surface area contributed by atoms with Gasteiger partial charge in [-0.3, -0.25) is 25.2 Å². The maximum Gasteiger partial charge on any atom is 0.276 e. The highest BCUT2D eigenvalue weighted by Crippen LogP contribution is 2.28. The molecule has 8 nitrogen and oxygen atoms in total. The van der Waals surface area contributed by atoms with Gasteiger partial charge in [-0.2, -0.15) is 0 Å². The van der Waals surface area contributed by atoms with E-state index in [1.165, 1.54) is 0 Å². The summed E-state index contributed by atoms with van der Waals surface area (Å²) in [6, 6.07) is 11.1. The molecule has 30 heavy (non-hydrogen) atoms. The topological polar surface area (TPSA) is 101 Å². The van der Waals surface area contributed by atoms with Gasteiger partial charge in [-0.25, -0.2) is 0 Å². The van der Waals surface area contributed by atoms with Crippen LogP contribution in [-0.2, 0) is 20.9 Å². The number of likely N-dealkylation sites (tertiary alicyclic amines) is 1. The number of rotatable bonds is 8. The molecule has 0 spiro atoms. The summed E-state index contributed by atoms with van der Waals surface area (Å²) >= 11 is 0. The molecule has 0 radical (unpaired) electrons. The molecule has 2 N–H and O–H groups in total. The number of carbonyl (C=O) groups excluding carboxylic acids is 3. The van der Waals surface area contributed by atoms with E-state index in [-0.39, 0.29) is 25.5 Å². The Bertz CT molecular complexity index is 881. The average molecular weight is 413 g/mol. The number of carbonyl (C=O) groups is 3. The second kappa shape index (κ2) is 9.96. The van der Waals surface area contributed by atoms with Gasteiger partial charge in [-0.1, -0.05) is 32.0 Å². The molecule has 3 rings (SSSR count). The van der Waals surface area contributed by atoms with E-state index in [2.05, 4.69) is 24.7 Å². The fourth-order valence-electron chi connectivity index (χ4n) is 3.34. The van der Waals surface area contributed by atoms with Crippen LogP contribution in [0.4, 0.5) is 0 Å². The number of hydrazine groups is 1. The van der Waals surface area contributed by atoms with Crippen LogP contribution >= 0.6 is 0 Å². The van der Waals surface area contributed by atoms with Crippen LogP contribution in [0.5, 0.6) is 5.75 Å². The van der Waals surface area contributed by atoms with Gasteiger partial charge in [-0.15, -0.1) is 0 Å². The highest BCUT2D eigenvalue weighted by atomic mass is 16.5. The molecule has 1 fully saturated rings. The monoisotopic (exact) mass is 413 g/mol. The highest BCUT2D eigenvalue weighted by Gasteiger charge is 2.34. The summed E-state index contributed by atoms with van der Waals surface area (Å²) in [7, 11) is 0. The largest absolute Gasteiger partial charge is 0.483 e. The minimum Gasteiger partial charge on any atom is -0.483 e. The first-order valence-electron chi connectivity index (χ1n) is 10.1. The smallest absolute Gasteiger partial charge is 0.276 e. The molecule has 1 aromatic carbocycles. The predicted octanol–water partition coefficient (Wildman–Crippen LogP) is 2.37. The summed E-state index contributed by atoms with van der Waals surface area (Å²) < 4.78 is 10.9. The summed E-state index contributed by atoms with van der Waals surface area (Å²) in [6.07, 6.45) is 2.60. The molecule has 2 heterocycles. The zero-order chi connectivity index (χ0) is 21.5. The van der Waals surface area contributed by atoms with Gasteiger partial charge in [0.2, 0.25) is 11.8 Å². The zero-order valence-corrected chi connectivity index (χ0v) is 17.2. The van der Waals surface area contributed by atoms with Crippen molar-refractivity contribution in [1.29, 1.82) is 0 Å². The van der Waals surface area contributed by atoms with Crippen molar-refractivity contribution in [1.82, 2.24) is 15.8 Å². The Hall–Kier alpha value is -3.29. The number of nitrogens with one attached hydrogen (secondary N) is 2. The van der Waals surface area contributed by atoms with Crippen LogP contribution in [0.3, 0.4) is 0 Å². The zero-order valence-electron chi connectivity index (χ0n) is 17.2. The second-order valence-electron chi connectivity index (χ2n) is 7.43. The Morgan fingerprint density at radius 2 is 2.03 bits per heavy atom. The van der Waals surface area contributed by atoms with Crippen LogP contribution < -0.4 is 15.6 Å². The molecule has 2 unspecified atom stereocenters. The van der Waals surface area contributed by atoms with Crippen molar-refractivity contribution in [2.45, 2.75) is 39.2 Å². The number of para-hydroxylation sites is 1. The summed E-state index contributed by atoms with van der Waals surface area (Å²) in [6.45, 7) is 4.57.